The summed E-state index contributed by atoms with van der Waals surface area (Å²) in [6.45, 7) is 7.09. The Hall–Kier alpha value is -12.1. The second-order valence-corrected chi connectivity index (χ2v) is 29.9. The molecule has 0 fully saturated rings. The molecule has 97 heavy (non-hydrogen) atoms. The second kappa shape index (κ2) is 22.6. The summed E-state index contributed by atoms with van der Waals surface area (Å²) in [7, 11) is -3.41. The molecule has 0 aliphatic heterocycles. The minimum atomic E-state index is -3.41. The Morgan fingerprint density at radius 1 is 0.351 bits per heavy atom. The summed E-state index contributed by atoms with van der Waals surface area (Å²) in [6.07, 6.45) is 4.50. The maximum Gasteiger partial charge on any atom is 0.179 e. The third kappa shape index (κ3) is 8.73. The van der Waals surface area contributed by atoms with Gasteiger partial charge in [-0.1, -0.05) is 291 Å². The summed E-state index contributed by atoms with van der Waals surface area (Å²) < 4.78 is 15.5. The molecular formula is C93H63NO2Si. The Balaban J connectivity index is 0.843. The first-order valence-corrected chi connectivity index (χ1v) is 35.6. The quantitative estimate of drug-likeness (QED) is 0.0693. The molecule has 0 saturated heterocycles. The van der Waals surface area contributed by atoms with Gasteiger partial charge in [0.05, 0.1) is 16.7 Å². The van der Waals surface area contributed by atoms with Crippen LogP contribution >= 0.6 is 0 Å². The summed E-state index contributed by atoms with van der Waals surface area (Å²) in [5.74, 6) is -0.163. The SMILES string of the molecule is C=C/C=C(\C1=C(C)C2c3ccccc3C1c1c2cccc1-n1c2ccccc2c2cc(-c3c(-c4ccc5oc6ccccc6c5c4)cccc3-c3ccc4oc5ccccc5c4c3)ccc21)[Si](c1ccccc1)(c1cccc(-c2ccccc2)c1)c1cccc(-c2ccccc2)c1. The highest BCUT2D eigenvalue weighted by molar-refractivity contribution is 7.16. The molecule has 20 rings (SSSR count). The molecule has 17 aromatic rings. The smallest absolute Gasteiger partial charge is 0.179 e. The average Bonchev–Trinajstić information content (AvgIpc) is 0.907. The summed E-state index contributed by atoms with van der Waals surface area (Å²) in [4.78, 5) is 0. The van der Waals surface area contributed by atoms with Gasteiger partial charge in [-0.05, 0) is 172 Å². The Morgan fingerprint density at radius 3 is 1.41 bits per heavy atom. The van der Waals surface area contributed by atoms with E-state index in [1.807, 2.05) is 12.1 Å². The Labute approximate surface area is 564 Å². The zero-order valence-electron chi connectivity index (χ0n) is 53.5. The van der Waals surface area contributed by atoms with E-state index >= 15 is 0 Å². The van der Waals surface area contributed by atoms with Crippen molar-refractivity contribution in [2.24, 2.45) is 0 Å². The number of nitrogens with zero attached hydrogens (tertiary/aromatic N) is 1. The molecule has 0 radical (unpaired) electrons. The number of fused-ring (bicyclic) bond motifs is 9. The van der Waals surface area contributed by atoms with E-state index in [2.05, 4.69) is 346 Å². The fourth-order valence-electron chi connectivity index (χ4n) is 17.0. The molecule has 4 heteroatoms. The number of furan rings is 2. The van der Waals surface area contributed by atoms with Crippen LogP contribution in [0.4, 0.5) is 0 Å². The number of allylic oxidation sites excluding steroid dienone is 5. The molecule has 3 nitrogen and oxygen atoms in total. The maximum atomic E-state index is 6.44. The molecule has 0 spiro atoms. The third-order valence-corrected chi connectivity index (χ3v) is 25.9. The van der Waals surface area contributed by atoms with E-state index < -0.39 is 8.07 Å². The zero-order chi connectivity index (χ0) is 64.3. The van der Waals surface area contributed by atoms with Crippen LogP contribution in [0.15, 0.2) is 371 Å². The third-order valence-electron chi connectivity index (χ3n) is 21.1. The number of benzene rings is 14. The van der Waals surface area contributed by atoms with E-state index in [0.29, 0.717) is 0 Å². The van der Waals surface area contributed by atoms with Crippen molar-refractivity contribution in [2.45, 2.75) is 18.8 Å². The topological polar surface area (TPSA) is 31.2 Å². The summed E-state index contributed by atoms with van der Waals surface area (Å²) >= 11 is 0. The number of para-hydroxylation sites is 3. The standard InChI is InChI=1S/C93H63NO2Si/c1-3-25-88(97(67-32-11-6-12-33-67,68-34-21-30-62(54-68)60-26-7-4-8-27-60)69-35-22-31-63(55-69)61-28-9-5-10-29-61)90-59(2)89-75-39-13-14-40-76(75)93(90)92-77(89)43-24-45-83(92)94-81-44-18-15-36-72(81)78-58-66(48-51-82(78)94)91-70(64-49-52-86-79(56-64)73-37-16-19-46-84(73)95-86)41-23-42-71(91)65-50-53-87-80(57-65)74-38-17-20-47-85(74)96-87/h3-58,89,93H,1H2,2H3/b88-25+. The van der Waals surface area contributed by atoms with Gasteiger partial charge in [-0.15, -0.1) is 0 Å². The van der Waals surface area contributed by atoms with Crippen LogP contribution < -0.4 is 15.6 Å². The predicted molar refractivity (Wildman–Crippen MR) is 408 cm³/mol. The van der Waals surface area contributed by atoms with Gasteiger partial charge in [0.15, 0.2) is 8.07 Å². The molecule has 0 saturated carbocycles. The first-order valence-electron chi connectivity index (χ1n) is 33.6. The number of rotatable bonds is 12. The first-order chi connectivity index (χ1) is 48.0. The van der Waals surface area contributed by atoms with Gasteiger partial charge in [-0.3, -0.25) is 0 Å². The van der Waals surface area contributed by atoms with Crippen LogP contribution in [0.5, 0.6) is 0 Å². The van der Waals surface area contributed by atoms with Crippen LogP contribution in [-0.2, 0) is 0 Å². The first kappa shape index (κ1) is 56.5. The highest BCUT2D eigenvalue weighted by Crippen LogP contribution is 2.60. The minimum absolute atomic E-state index is 0.0127. The average molecular weight is 1250 g/mol. The molecule has 3 aliphatic rings. The van der Waals surface area contributed by atoms with Crippen molar-refractivity contribution in [2.75, 3.05) is 0 Å². The van der Waals surface area contributed by atoms with Crippen molar-refractivity contribution >= 4 is 89.3 Å². The summed E-state index contributed by atoms with van der Waals surface area (Å²) in [5.41, 5.74) is 26.8. The lowest BCUT2D eigenvalue weighted by molar-refractivity contribution is 0.668. The lowest BCUT2D eigenvalue weighted by Crippen LogP contribution is -2.69. The van der Waals surface area contributed by atoms with Crippen LogP contribution in [-0.4, -0.2) is 12.6 Å². The molecule has 2 bridgehead atoms. The van der Waals surface area contributed by atoms with E-state index in [0.717, 1.165) is 88.3 Å². The highest BCUT2D eigenvalue weighted by Gasteiger charge is 2.51. The van der Waals surface area contributed by atoms with Crippen molar-refractivity contribution in [1.29, 1.82) is 0 Å². The van der Waals surface area contributed by atoms with E-state index in [-0.39, 0.29) is 11.8 Å². The van der Waals surface area contributed by atoms with Gasteiger partial charge < -0.3 is 13.4 Å². The van der Waals surface area contributed by atoms with Gasteiger partial charge in [0.1, 0.15) is 22.3 Å². The fourth-order valence-corrected chi connectivity index (χ4v) is 22.2. The molecule has 2 unspecified atom stereocenters. The normalized spacial score (nSPS) is 14.5. The molecule has 2 atom stereocenters. The van der Waals surface area contributed by atoms with Gasteiger partial charge in [0.2, 0.25) is 0 Å². The van der Waals surface area contributed by atoms with Crippen LogP contribution in [0.1, 0.15) is 41.0 Å². The predicted octanol–water partition coefficient (Wildman–Crippen LogP) is 22.6. The van der Waals surface area contributed by atoms with Crippen molar-refractivity contribution in [1.82, 2.24) is 4.57 Å². The Morgan fingerprint density at radius 2 is 0.804 bits per heavy atom. The van der Waals surface area contributed by atoms with Gasteiger partial charge in [0, 0.05) is 44.2 Å². The van der Waals surface area contributed by atoms with E-state index in [1.54, 1.807) is 0 Å². The minimum Gasteiger partial charge on any atom is -0.456 e. The molecular weight excluding hydrogens is 1190 g/mol. The lowest BCUT2D eigenvalue weighted by Gasteiger charge is -2.48. The van der Waals surface area contributed by atoms with Gasteiger partial charge in [-0.2, -0.15) is 0 Å². The number of hydrogen-bond donors (Lipinski definition) is 0. The van der Waals surface area contributed by atoms with Crippen molar-refractivity contribution in [3.63, 3.8) is 0 Å². The van der Waals surface area contributed by atoms with Gasteiger partial charge in [0.25, 0.3) is 0 Å². The Kier molecular flexibility index (Phi) is 13.1. The molecule has 3 heterocycles. The van der Waals surface area contributed by atoms with Gasteiger partial charge in [-0.25, -0.2) is 0 Å². The van der Waals surface area contributed by atoms with Crippen molar-refractivity contribution < 1.29 is 8.83 Å². The van der Waals surface area contributed by atoms with Crippen LogP contribution in [0.2, 0.25) is 0 Å². The molecule has 0 N–H and O–H groups in total. The van der Waals surface area contributed by atoms with Gasteiger partial charge >= 0.3 is 0 Å². The molecule has 14 aromatic carbocycles. The van der Waals surface area contributed by atoms with E-state index in [1.165, 1.54) is 92.9 Å². The number of aromatic nitrogens is 1. The lowest BCUT2D eigenvalue weighted by atomic mass is 9.60. The second-order valence-electron chi connectivity index (χ2n) is 26.1. The molecule has 3 aliphatic carbocycles. The number of hydrogen-bond acceptors (Lipinski definition) is 2. The zero-order valence-corrected chi connectivity index (χ0v) is 54.5. The fraction of sp³-hybridized carbons (Fsp3) is 0.0323. The molecule has 456 valence electrons. The van der Waals surface area contributed by atoms with Crippen LogP contribution in [0, 0.1) is 0 Å². The van der Waals surface area contributed by atoms with Crippen LogP contribution in [0.3, 0.4) is 0 Å². The summed E-state index contributed by atoms with van der Waals surface area (Å²) in [6, 6.07) is 122. The monoisotopic (exact) mass is 1250 g/mol. The van der Waals surface area contributed by atoms with Crippen molar-refractivity contribution in [3.8, 4) is 61.3 Å². The van der Waals surface area contributed by atoms with E-state index in [9.17, 15) is 0 Å². The largest absolute Gasteiger partial charge is 0.456 e. The maximum absolute atomic E-state index is 6.44. The van der Waals surface area contributed by atoms with Crippen LogP contribution in [0.25, 0.3) is 127 Å². The Bertz CT molecular complexity index is 5900. The van der Waals surface area contributed by atoms with Crippen molar-refractivity contribution in [3.05, 3.63) is 385 Å². The summed E-state index contributed by atoms with van der Waals surface area (Å²) in [5, 5.41) is 12.1. The highest BCUT2D eigenvalue weighted by atomic mass is 28.3. The molecule has 0 amide bonds. The molecule has 3 aromatic heterocycles. The van der Waals surface area contributed by atoms with E-state index in [4.69, 9.17) is 8.83 Å².